The lowest BCUT2D eigenvalue weighted by Gasteiger charge is -2.20. The summed E-state index contributed by atoms with van der Waals surface area (Å²) in [6, 6.07) is 3.86. The predicted octanol–water partition coefficient (Wildman–Crippen LogP) is 2.70. The van der Waals surface area contributed by atoms with Gasteiger partial charge in [-0.25, -0.2) is 4.39 Å². The zero-order valence-electron chi connectivity index (χ0n) is 10.7. The van der Waals surface area contributed by atoms with Crippen LogP contribution in [-0.4, -0.2) is 17.6 Å². The molecule has 0 aromatic heterocycles. The predicted molar refractivity (Wildman–Crippen MR) is 66.9 cm³/mol. The molecule has 0 heterocycles. The molecule has 0 aliphatic heterocycles. The van der Waals surface area contributed by atoms with Gasteiger partial charge in [-0.05, 0) is 36.3 Å². The molecule has 18 heavy (non-hydrogen) atoms. The van der Waals surface area contributed by atoms with Crippen LogP contribution in [0.2, 0.25) is 0 Å². The molecule has 0 bridgehead atoms. The van der Waals surface area contributed by atoms with Gasteiger partial charge in [0.2, 0.25) is 0 Å². The highest BCUT2D eigenvalue weighted by molar-refractivity contribution is 5.97. The summed E-state index contributed by atoms with van der Waals surface area (Å²) in [5.74, 6) is -1.06. The number of rotatable bonds is 4. The van der Waals surface area contributed by atoms with Gasteiger partial charge in [0.25, 0.3) is 5.91 Å². The fourth-order valence-corrected chi connectivity index (χ4v) is 2.20. The number of hydrogen-bond donors (Lipinski definition) is 2. The topological polar surface area (TPSA) is 49.3 Å². The fourth-order valence-electron chi connectivity index (χ4n) is 2.20. The number of phenolic OH excluding ortho intramolecular Hbond substituents is 1. The number of aromatic hydroxyl groups is 1. The molecule has 0 spiro atoms. The van der Waals surface area contributed by atoms with Crippen molar-refractivity contribution in [3.63, 3.8) is 0 Å². The summed E-state index contributed by atoms with van der Waals surface area (Å²) >= 11 is 0. The molecule has 0 unspecified atom stereocenters. The van der Waals surface area contributed by atoms with E-state index >= 15 is 0 Å². The first-order valence-corrected chi connectivity index (χ1v) is 6.22. The second-order valence-corrected chi connectivity index (χ2v) is 5.33. The molecule has 3 nitrogen and oxygen atoms in total. The van der Waals surface area contributed by atoms with Gasteiger partial charge in [0, 0.05) is 6.54 Å². The third kappa shape index (κ3) is 2.33. The van der Waals surface area contributed by atoms with Crippen molar-refractivity contribution in [2.75, 3.05) is 6.54 Å². The zero-order valence-corrected chi connectivity index (χ0v) is 10.7. The van der Waals surface area contributed by atoms with E-state index in [-0.39, 0.29) is 16.7 Å². The van der Waals surface area contributed by atoms with Crippen LogP contribution >= 0.6 is 0 Å². The number of carbonyl (C=O) groups excluding carboxylic acids is 1. The number of amides is 1. The van der Waals surface area contributed by atoms with Crippen molar-refractivity contribution in [1.29, 1.82) is 0 Å². The maximum atomic E-state index is 13.5. The van der Waals surface area contributed by atoms with Crippen LogP contribution in [0.5, 0.6) is 5.75 Å². The van der Waals surface area contributed by atoms with Crippen LogP contribution < -0.4 is 5.32 Å². The van der Waals surface area contributed by atoms with Crippen molar-refractivity contribution in [3.05, 3.63) is 29.6 Å². The number of halogens is 1. The Morgan fingerprint density at radius 1 is 1.50 bits per heavy atom. The molecule has 4 heteroatoms. The molecule has 1 saturated carbocycles. The Morgan fingerprint density at radius 2 is 2.17 bits per heavy atom. The molecule has 1 aliphatic rings. The minimum Gasteiger partial charge on any atom is -0.507 e. The molecule has 1 aromatic carbocycles. The summed E-state index contributed by atoms with van der Waals surface area (Å²) in [6.07, 6.45) is 2.18. The second-order valence-electron chi connectivity index (χ2n) is 5.33. The Morgan fingerprint density at radius 3 is 2.67 bits per heavy atom. The van der Waals surface area contributed by atoms with Gasteiger partial charge < -0.3 is 10.4 Å². The smallest absolute Gasteiger partial charge is 0.258 e. The van der Waals surface area contributed by atoms with E-state index in [0.717, 1.165) is 12.8 Å². The van der Waals surface area contributed by atoms with E-state index in [1.165, 1.54) is 18.2 Å². The summed E-state index contributed by atoms with van der Waals surface area (Å²) in [4.78, 5) is 11.9. The summed E-state index contributed by atoms with van der Waals surface area (Å²) < 4.78 is 13.5. The number of hydrogen-bond acceptors (Lipinski definition) is 2. The minimum absolute atomic E-state index is 0.163. The summed E-state index contributed by atoms with van der Waals surface area (Å²) in [7, 11) is 0. The minimum atomic E-state index is -0.693. The normalized spacial score (nSPS) is 16.7. The molecular weight excluding hydrogens is 233 g/mol. The van der Waals surface area contributed by atoms with E-state index in [2.05, 4.69) is 19.2 Å². The van der Waals surface area contributed by atoms with E-state index in [9.17, 15) is 14.3 Å². The molecule has 1 aliphatic carbocycles. The van der Waals surface area contributed by atoms with Crippen molar-refractivity contribution in [2.24, 2.45) is 11.3 Å². The third-order valence-corrected chi connectivity index (χ3v) is 3.94. The molecule has 2 rings (SSSR count). The standard InChI is InChI=1S/C14H18FNO2/c1-9(2)14(6-7-14)8-16-13(18)12-10(15)4-3-5-11(12)17/h3-5,9,17H,6-8H2,1-2H3,(H,16,18). The lowest BCUT2D eigenvalue weighted by molar-refractivity contribution is 0.0933. The van der Waals surface area contributed by atoms with Crippen LogP contribution in [0, 0.1) is 17.2 Å². The van der Waals surface area contributed by atoms with Gasteiger partial charge in [0.05, 0.1) is 0 Å². The van der Waals surface area contributed by atoms with Gasteiger partial charge in [0.1, 0.15) is 17.1 Å². The molecule has 1 fully saturated rings. The second kappa shape index (κ2) is 4.59. The molecular formula is C14H18FNO2. The first kappa shape index (κ1) is 12.9. The highest BCUT2D eigenvalue weighted by Gasteiger charge is 2.45. The average Bonchev–Trinajstić information content (AvgIpc) is 3.07. The van der Waals surface area contributed by atoms with Gasteiger partial charge in [-0.3, -0.25) is 4.79 Å². The van der Waals surface area contributed by atoms with Crippen molar-refractivity contribution in [2.45, 2.75) is 26.7 Å². The Bertz CT molecular complexity index is 447. The van der Waals surface area contributed by atoms with Gasteiger partial charge >= 0.3 is 0 Å². The van der Waals surface area contributed by atoms with E-state index in [4.69, 9.17) is 0 Å². The third-order valence-electron chi connectivity index (χ3n) is 3.94. The highest BCUT2D eigenvalue weighted by atomic mass is 19.1. The number of nitrogens with one attached hydrogen (secondary N) is 1. The highest BCUT2D eigenvalue weighted by Crippen LogP contribution is 2.51. The molecule has 1 amide bonds. The molecule has 98 valence electrons. The average molecular weight is 251 g/mol. The lowest BCUT2D eigenvalue weighted by atomic mass is 9.92. The van der Waals surface area contributed by atoms with Gasteiger partial charge in [-0.1, -0.05) is 19.9 Å². The first-order chi connectivity index (χ1) is 8.46. The maximum absolute atomic E-state index is 13.5. The molecule has 1 aromatic rings. The largest absolute Gasteiger partial charge is 0.507 e. The van der Waals surface area contributed by atoms with Crippen LogP contribution in [0.25, 0.3) is 0 Å². The molecule has 0 atom stereocenters. The van der Waals surface area contributed by atoms with Crippen molar-refractivity contribution in [3.8, 4) is 5.75 Å². The number of carbonyl (C=O) groups is 1. The first-order valence-electron chi connectivity index (χ1n) is 6.22. The van der Waals surface area contributed by atoms with E-state index in [0.29, 0.717) is 12.5 Å². The van der Waals surface area contributed by atoms with E-state index in [1.54, 1.807) is 0 Å². The Balaban J connectivity index is 2.05. The molecule has 0 saturated heterocycles. The quantitative estimate of drug-likeness (QED) is 0.864. The van der Waals surface area contributed by atoms with Crippen molar-refractivity contribution in [1.82, 2.24) is 5.32 Å². The Hall–Kier alpha value is -1.58. The summed E-state index contributed by atoms with van der Waals surface area (Å²) in [6.45, 7) is 4.79. The van der Waals surface area contributed by atoms with E-state index < -0.39 is 11.7 Å². The van der Waals surface area contributed by atoms with Gasteiger partial charge in [0.15, 0.2) is 0 Å². The monoisotopic (exact) mass is 251 g/mol. The fraction of sp³-hybridized carbons (Fsp3) is 0.500. The summed E-state index contributed by atoms with van der Waals surface area (Å²) in [5.41, 5.74) is -0.103. The Labute approximate surface area is 106 Å². The molecule has 0 radical (unpaired) electrons. The maximum Gasteiger partial charge on any atom is 0.258 e. The SMILES string of the molecule is CC(C)C1(CNC(=O)c2c(O)cccc2F)CC1. The van der Waals surface area contributed by atoms with E-state index in [1.807, 2.05) is 0 Å². The summed E-state index contributed by atoms with van der Waals surface area (Å²) in [5, 5.41) is 12.2. The molecule has 2 N–H and O–H groups in total. The zero-order chi connectivity index (χ0) is 13.3. The van der Waals surface area contributed by atoms with Crippen LogP contribution in [0.4, 0.5) is 4.39 Å². The van der Waals surface area contributed by atoms with Crippen LogP contribution in [-0.2, 0) is 0 Å². The lowest BCUT2D eigenvalue weighted by Crippen LogP contribution is -2.33. The Kier molecular flexibility index (Phi) is 3.28. The van der Waals surface area contributed by atoms with Crippen molar-refractivity contribution >= 4 is 5.91 Å². The number of phenols is 1. The van der Waals surface area contributed by atoms with Crippen molar-refractivity contribution < 1.29 is 14.3 Å². The van der Waals surface area contributed by atoms with Crippen LogP contribution in [0.1, 0.15) is 37.0 Å². The van der Waals surface area contributed by atoms with Gasteiger partial charge in [-0.15, -0.1) is 0 Å². The van der Waals surface area contributed by atoms with Crippen LogP contribution in [0.15, 0.2) is 18.2 Å². The number of benzene rings is 1. The van der Waals surface area contributed by atoms with Gasteiger partial charge in [-0.2, -0.15) is 0 Å². The van der Waals surface area contributed by atoms with Crippen LogP contribution in [0.3, 0.4) is 0 Å².